The lowest BCUT2D eigenvalue weighted by Gasteiger charge is -2.29. The predicted molar refractivity (Wildman–Crippen MR) is 62.0 cm³/mol. The number of rotatable bonds is 3. The third kappa shape index (κ3) is 3.23. The van der Waals surface area contributed by atoms with Gasteiger partial charge in [-0.2, -0.15) is 0 Å². The summed E-state index contributed by atoms with van der Waals surface area (Å²) in [5.74, 6) is -1.67. The monoisotopic (exact) mass is 271 g/mol. The molecule has 2 heterocycles. The largest absolute Gasteiger partial charge is 0.469 e. The fraction of sp³-hybridized carbons (Fsp3) is 0.750. The van der Waals surface area contributed by atoms with Crippen LogP contribution in [0, 0.1) is 5.92 Å². The van der Waals surface area contributed by atoms with E-state index >= 15 is 0 Å². The Morgan fingerprint density at radius 2 is 2.05 bits per heavy atom. The molecule has 0 spiro atoms. The number of carbonyl (C=O) groups is 3. The van der Waals surface area contributed by atoms with Crippen molar-refractivity contribution >= 4 is 17.8 Å². The first-order chi connectivity index (χ1) is 9.11. The zero-order valence-electron chi connectivity index (χ0n) is 10.8. The Hall–Kier alpha value is -1.63. The first-order valence-electron chi connectivity index (χ1n) is 6.24. The SMILES string of the molecule is COC(=O)CC1OC(=O)CC1C(=O)N1CCOCC1. The Morgan fingerprint density at radius 1 is 1.37 bits per heavy atom. The number of esters is 2. The molecule has 2 atom stereocenters. The van der Waals surface area contributed by atoms with E-state index in [-0.39, 0.29) is 18.7 Å². The Kier molecular flexibility index (Phi) is 4.36. The number of methoxy groups -OCH3 is 1. The first-order valence-corrected chi connectivity index (χ1v) is 6.24. The van der Waals surface area contributed by atoms with Crippen LogP contribution in [0.4, 0.5) is 0 Å². The van der Waals surface area contributed by atoms with Gasteiger partial charge in [-0.25, -0.2) is 0 Å². The minimum atomic E-state index is -0.713. The van der Waals surface area contributed by atoms with Crippen LogP contribution in [-0.2, 0) is 28.6 Å². The molecule has 2 fully saturated rings. The van der Waals surface area contributed by atoms with E-state index in [1.165, 1.54) is 7.11 Å². The minimum absolute atomic E-state index is 0.0256. The summed E-state index contributed by atoms with van der Waals surface area (Å²) < 4.78 is 14.8. The molecule has 7 heteroatoms. The lowest BCUT2D eigenvalue weighted by Crippen LogP contribution is -2.45. The summed E-state index contributed by atoms with van der Waals surface area (Å²) in [5, 5.41) is 0. The van der Waals surface area contributed by atoms with Crippen LogP contribution in [0.2, 0.25) is 0 Å². The van der Waals surface area contributed by atoms with Crippen LogP contribution < -0.4 is 0 Å². The fourth-order valence-corrected chi connectivity index (χ4v) is 2.31. The number of amides is 1. The molecule has 1 amide bonds. The summed E-state index contributed by atoms with van der Waals surface area (Å²) in [6, 6.07) is 0. The molecule has 0 radical (unpaired) electrons. The number of cyclic esters (lactones) is 1. The van der Waals surface area contributed by atoms with Crippen LogP contribution in [0.25, 0.3) is 0 Å². The van der Waals surface area contributed by atoms with Crippen molar-refractivity contribution < 1.29 is 28.6 Å². The highest BCUT2D eigenvalue weighted by Crippen LogP contribution is 2.27. The van der Waals surface area contributed by atoms with Gasteiger partial charge in [-0.05, 0) is 0 Å². The van der Waals surface area contributed by atoms with E-state index in [9.17, 15) is 14.4 Å². The Balaban J connectivity index is 2.00. The van der Waals surface area contributed by atoms with E-state index in [0.717, 1.165) is 0 Å². The summed E-state index contributed by atoms with van der Waals surface area (Å²) in [7, 11) is 1.26. The fourth-order valence-electron chi connectivity index (χ4n) is 2.31. The molecule has 0 bridgehead atoms. The zero-order chi connectivity index (χ0) is 13.8. The van der Waals surface area contributed by atoms with Crippen molar-refractivity contribution in [3.8, 4) is 0 Å². The normalized spacial score (nSPS) is 27.0. The number of nitrogens with zero attached hydrogens (tertiary/aromatic N) is 1. The molecular weight excluding hydrogens is 254 g/mol. The molecule has 0 aromatic rings. The van der Waals surface area contributed by atoms with E-state index in [0.29, 0.717) is 26.3 Å². The molecule has 7 nitrogen and oxygen atoms in total. The van der Waals surface area contributed by atoms with E-state index in [4.69, 9.17) is 9.47 Å². The molecule has 0 aliphatic carbocycles. The minimum Gasteiger partial charge on any atom is -0.469 e. The second-order valence-corrected chi connectivity index (χ2v) is 4.56. The molecule has 0 aromatic heterocycles. The summed E-state index contributed by atoms with van der Waals surface area (Å²) in [4.78, 5) is 36.6. The van der Waals surface area contributed by atoms with E-state index in [2.05, 4.69) is 4.74 Å². The van der Waals surface area contributed by atoms with Crippen LogP contribution in [0.1, 0.15) is 12.8 Å². The molecule has 2 rings (SSSR count). The van der Waals surface area contributed by atoms with Gasteiger partial charge in [0.1, 0.15) is 6.10 Å². The van der Waals surface area contributed by atoms with Crippen molar-refractivity contribution in [2.24, 2.45) is 5.92 Å². The van der Waals surface area contributed by atoms with Crippen molar-refractivity contribution in [1.82, 2.24) is 4.90 Å². The quantitative estimate of drug-likeness (QED) is 0.634. The van der Waals surface area contributed by atoms with Gasteiger partial charge in [0, 0.05) is 13.1 Å². The topological polar surface area (TPSA) is 82.1 Å². The number of hydrogen-bond acceptors (Lipinski definition) is 6. The van der Waals surface area contributed by atoms with Gasteiger partial charge in [0.25, 0.3) is 0 Å². The van der Waals surface area contributed by atoms with Crippen molar-refractivity contribution in [3.63, 3.8) is 0 Å². The first kappa shape index (κ1) is 13.8. The summed E-state index contributed by atoms with van der Waals surface area (Å²) in [6.07, 6.45) is -0.767. The van der Waals surface area contributed by atoms with Crippen molar-refractivity contribution in [2.75, 3.05) is 33.4 Å². The molecule has 0 N–H and O–H groups in total. The lowest BCUT2D eigenvalue weighted by atomic mass is 9.97. The molecule has 0 saturated carbocycles. The number of morpholine rings is 1. The molecule has 19 heavy (non-hydrogen) atoms. The van der Waals surface area contributed by atoms with Gasteiger partial charge in [-0.3, -0.25) is 14.4 Å². The van der Waals surface area contributed by atoms with Gasteiger partial charge >= 0.3 is 11.9 Å². The molecule has 2 aliphatic rings. The number of hydrogen-bond donors (Lipinski definition) is 0. The van der Waals surface area contributed by atoms with Crippen LogP contribution in [0.5, 0.6) is 0 Å². The maximum Gasteiger partial charge on any atom is 0.309 e. The third-order valence-corrected chi connectivity index (χ3v) is 3.35. The number of carbonyl (C=O) groups excluding carboxylic acids is 3. The lowest BCUT2D eigenvalue weighted by molar-refractivity contribution is -0.149. The molecule has 2 unspecified atom stereocenters. The maximum atomic E-state index is 12.3. The second kappa shape index (κ2) is 6.01. The highest BCUT2D eigenvalue weighted by molar-refractivity contribution is 5.88. The van der Waals surface area contributed by atoms with E-state index < -0.39 is 24.0 Å². The van der Waals surface area contributed by atoms with Gasteiger partial charge < -0.3 is 19.1 Å². The molecule has 2 saturated heterocycles. The van der Waals surface area contributed by atoms with Crippen LogP contribution >= 0.6 is 0 Å². The van der Waals surface area contributed by atoms with Crippen molar-refractivity contribution in [2.45, 2.75) is 18.9 Å². The Labute approximate surface area is 110 Å². The summed E-state index contributed by atoms with van der Waals surface area (Å²) in [6.45, 7) is 2.01. The molecular formula is C12H17NO6. The van der Waals surface area contributed by atoms with Crippen LogP contribution in [-0.4, -0.2) is 62.3 Å². The average Bonchev–Trinajstić information content (AvgIpc) is 2.79. The second-order valence-electron chi connectivity index (χ2n) is 4.56. The predicted octanol–water partition coefficient (Wildman–Crippen LogP) is -0.660. The summed E-state index contributed by atoms with van der Waals surface area (Å²) in [5.41, 5.74) is 0. The van der Waals surface area contributed by atoms with Crippen molar-refractivity contribution in [1.29, 1.82) is 0 Å². The third-order valence-electron chi connectivity index (χ3n) is 3.35. The van der Waals surface area contributed by atoms with Gasteiger partial charge in [0.05, 0.1) is 39.1 Å². The molecule has 0 aromatic carbocycles. The maximum absolute atomic E-state index is 12.3. The average molecular weight is 271 g/mol. The van der Waals surface area contributed by atoms with Gasteiger partial charge in [-0.15, -0.1) is 0 Å². The van der Waals surface area contributed by atoms with Gasteiger partial charge in [0.2, 0.25) is 5.91 Å². The highest BCUT2D eigenvalue weighted by atomic mass is 16.6. The van der Waals surface area contributed by atoms with E-state index in [1.54, 1.807) is 4.90 Å². The molecule has 106 valence electrons. The van der Waals surface area contributed by atoms with Gasteiger partial charge in [-0.1, -0.05) is 0 Å². The van der Waals surface area contributed by atoms with Gasteiger partial charge in [0.15, 0.2) is 0 Å². The van der Waals surface area contributed by atoms with Crippen molar-refractivity contribution in [3.05, 3.63) is 0 Å². The van der Waals surface area contributed by atoms with Crippen LogP contribution in [0.3, 0.4) is 0 Å². The Bertz CT molecular complexity index is 376. The smallest absolute Gasteiger partial charge is 0.309 e. The van der Waals surface area contributed by atoms with Crippen LogP contribution in [0.15, 0.2) is 0 Å². The highest BCUT2D eigenvalue weighted by Gasteiger charge is 2.43. The number of ether oxygens (including phenoxy) is 3. The molecule has 2 aliphatic heterocycles. The zero-order valence-corrected chi connectivity index (χ0v) is 10.8. The standard InChI is InChI=1S/C12H17NO6/c1-17-10(14)7-9-8(6-11(15)19-9)12(16)13-2-4-18-5-3-13/h8-9H,2-7H2,1H3. The Morgan fingerprint density at radius 3 is 2.68 bits per heavy atom. The summed E-state index contributed by atoms with van der Waals surface area (Å²) >= 11 is 0. The van der Waals surface area contributed by atoms with E-state index in [1.807, 2.05) is 0 Å².